The van der Waals surface area contributed by atoms with Gasteiger partial charge in [-0.25, -0.2) is 4.98 Å². The second kappa shape index (κ2) is 9.25. The maximum Gasteiger partial charge on any atom is 0.252 e. The van der Waals surface area contributed by atoms with Crippen LogP contribution in [0.3, 0.4) is 0 Å². The topological polar surface area (TPSA) is 72.5 Å². The summed E-state index contributed by atoms with van der Waals surface area (Å²) in [5.41, 5.74) is 2.14. The second-order valence-electron chi connectivity index (χ2n) is 8.19. The lowest BCUT2D eigenvalue weighted by atomic mass is 9.87. The molecule has 1 heterocycles. The van der Waals surface area contributed by atoms with Crippen LogP contribution in [0.5, 0.6) is 11.5 Å². The van der Waals surface area contributed by atoms with Crippen LogP contribution in [0.1, 0.15) is 43.0 Å². The first-order chi connectivity index (χ1) is 15.1. The van der Waals surface area contributed by atoms with Gasteiger partial charge in [-0.1, -0.05) is 25.1 Å². The highest BCUT2D eigenvalue weighted by molar-refractivity contribution is 6.07. The predicted molar refractivity (Wildman–Crippen MR) is 123 cm³/mol. The summed E-state index contributed by atoms with van der Waals surface area (Å²) in [6, 6.07) is 15.3. The summed E-state index contributed by atoms with van der Waals surface area (Å²) in [6.45, 7) is 2.28. The molecule has 1 aliphatic carbocycles. The molecule has 1 fully saturated rings. The van der Waals surface area contributed by atoms with Crippen molar-refractivity contribution >= 4 is 28.3 Å². The van der Waals surface area contributed by atoms with Crippen LogP contribution in [-0.4, -0.2) is 31.2 Å². The van der Waals surface area contributed by atoms with Gasteiger partial charge in [-0.3, -0.25) is 4.79 Å². The summed E-state index contributed by atoms with van der Waals surface area (Å²) in [6.07, 6.45) is 4.38. The molecule has 3 aromatic rings. The standard InChI is InChI=1S/C25H29N3O3/c1-16-8-10-17(11-9-16)26-25(29)20-15-24(27-21-7-5-4-6-19(20)21)28-22-13-12-18(30-2)14-23(22)31-3/h4-7,12-17H,8-11H2,1-3H3,(H,26,29)(H,27,28). The molecule has 2 aromatic carbocycles. The van der Waals surface area contributed by atoms with E-state index >= 15 is 0 Å². The van der Waals surface area contributed by atoms with Crippen molar-refractivity contribution in [3.05, 3.63) is 54.1 Å². The number of aromatic nitrogens is 1. The van der Waals surface area contributed by atoms with Crippen LogP contribution in [-0.2, 0) is 0 Å². The minimum atomic E-state index is -0.0529. The van der Waals surface area contributed by atoms with Crippen molar-refractivity contribution in [2.45, 2.75) is 38.6 Å². The number of carbonyl (C=O) groups is 1. The highest BCUT2D eigenvalue weighted by Gasteiger charge is 2.22. The monoisotopic (exact) mass is 419 g/mol. The fourth-order valence-electron chi connectivity index (χ4n) is 4.13. The Balaban J connectivity index is 1.64. The molecule has 6 nitrogen and oxygen atoms in total. The number of ether oxygens (including phenoxy) is 2. The van der Waals surface area contributed by atoms with E-state index in [0.29, 0.717) is 22.9 Å². The maximum atomic E-state index is 13.2. The fourth-order valence-corrected chi connectivity index (χ4v) is 4.13. The number of methoxy groups -OCH3 is 2. The van der Waals surface area contributed by atoms with Crippen LogP contribution in [0.2, 0.25) is 0 Å². The fraction of sp³-hybridized carbons (Fsp3) is 0.360. The van der Waals surface area contributed by atoms with Gasteiger partial charge in [0.15, 0.2) is 0 Å². The molecule has 0 saturated heterocycles. The number of rotatable bonds is 6. The molecule has 1 amide bonds. The third kappa shape index (κ3) is 4.74. The van der Waals surface area contributed by atoms with Crippen molar-refractivity contribution in [1.29, 1.82) is 0 Å². The third-order valence-corrected chi connectivity index (χ3v) is 5.98. The SMILES string of the molecule is COc1ccc(Nc2cc(C(=O)NC3CCC(C)CC3)c3ccccc3n2)c(OC)c1. The summed E-state index contributed by atoms with van der Waals surface area (Å²) < 4.78 is 10.8. The zero-order valence-corrected chi connectivity index (χ0v) is 18.3. The Kier molecular flexibility index (Phi) is 6.26. The number of pyridine rings is 1. The lowest BCUT2D eigenvalue weighted by Gasteiger charge is -2.27. The summed E-state index contributed by atoms with van der Waals surface area (Å²) in [5, 5.41) is 7.38. The van der Waals surface area contributed by atoms with Crippen LogP contribution in [0, 0.1) is 5.92 Å². The number of para-hydroxylation sites is 1. The Labute approximate surface area is 183 Å². The van der Waals surface area contributed by atoms with E-state index in [-0.39, 0.29) is 11.9 Å². The van der Waals surface area contributed by atoms with Crippen molar-refractivity contribution in [3.63, 3.8) is 0 Å². The highest BCUT2D eigenvalue weighted by atomic mass is 16.5. The first kappa shape index (κ1) is 21.0. The molecule has 0 unspecified atom stereocenters. The summed E-state index contributed by atoms with van der Waals surface area (Å²) >= 11 is 0. The van der Waals surface area contributed by atoms with Gasteiger partial charge in [0.2, 0.25) is 0 Å². The molecule has 4 rings (SSSR count). The Morgan fingerprint density at radius 3 is 2.52 bits per heavy atom. The maximum absolute atomic E-state index is 13.2. The van der Waals surface area contributed by atoms with Gasteiger partial charge < -0.3 is 20.1 Å². The van der Waals surface area contributed by atoms with Gasteiger partial charge in [0, 0.05) is 17.5 Å². The van der Waals surface area contributed by atoms with E-state index in [1.54, 1.807) is 20.3 Å². The molecule has 0 spiro atoms. The number of carbonyl (C=O) groups excluding carboxylic acids is 1. The van der Waals surface area contributed by atoms with E-state index < -0.39 is 0 Å². The zero-order valence-electron chi connectivity index (χ0n) is 18.3. The lowest BCUT2D eigenvalue weighted by Crippen LogP contribution is -2.37. The number of hydrogen-bond acceptors (Lipinski definition) is 5. The Morgan fingerprint density at radius 1 is 1.00 bits per heavy atom. The van der Waals surface area contributed by atoms with E-state index in [0.717, 1.165) is 48.2 Å². The first-order valence-electron chi connectivity index (χ1n) is 10.8. The van der Waals surface area contributed by atoms with E-state index in [1.807, 2.05) is 42.5 Å². The zero-order chi connectivity index (χ0) is 21.8. The van der Waals surface area contributed by atoms with Crippen LogP contribution in [0.25, 0.3) is 10.9 Å². The highest BCUT2D eigenvalue weighted by Crippen LogP contribution is 2.32. The van der Waals surface area contributed by atoms with Crippen molar-refractivity contribution in [3.8, 4) is 11.5 Å². The molecule has 1 aromatic heterocycles. The number of benzene rings is 2. The molecular weight excluding hydrogens is 390 g/mol. The van der Waals surface area contributed by atoms with Gasteiger partial charge in [-0.2, -0.15) is 0 Å². The number of amides is 1. The van der Waals surface area contributed by atoms with Gasteiger partial charge in [-0.15, -0.1) is 0 Å². The first-order valence-corrected chi connectivity index (χ1v) is 10.8. The van der Waals surface area contributed by atoms with E-state index in [9.17, 15) is 4.79 Å². The Hall–Kier alpha value is -3.28. The molecule has 1 saturated carbocycles. The summed E-state index contributed by atoms with van der Waals surface area (Å²) in [4.78, 5) is 17.9. The minimum absolute atomic E-state index is 0.0529. The normalized spacial score (nSPS) is 18.4. The van der Waals surface area contributed by atoms with Crippen LogP contribution >= 0.6 is 0 Å². The predicted octanol–water partition coefficient (Wildman–Crippen LogP) is 5.30. The molecule has 162 valence electrons. The van der Waals surface area contributed by atoms with Crippen LogP contribution in [0.15, 0.2) is 48.5 Å². The molecule has 0 atom stereocenters. The van der Waals surface area contributed by atoms with Gasteiger partial charge in [0.1, 0.15) is 17.3 Å². The number of anilines is 2. The molecule has 0 radical (unpaired) electrons. The average molecular weight is 420 g/mol. The summed E-state index contributed by atoms with van der Waals surface area (Å²) in [7, 11) is 3.22. The third-order valence-electron chi connectivity index (χ3n) is 5.98. The smallest absolute Gasteiger partial charge is 0.252 e. The van der Waals surface area contributed by atoms with E-state index in [4.69, 9.17) is 14.5 Å². The van der Waals surface area contributed by atoms with E-state index in [1.165, 1.54) is 0 Å². The number of fused-ring (bicyclic) bond motifs is 1. The largest absolute Gasteiger partial charge is 0.497 e. The lowest BCUT2D eigenvalue weighted by molar-refractivity contribution is 0.0924. The van der Waals surface area contributed by atoms with Crippen molar-refractivity contribution in [2.24, 2.45) is 5.92 Å². The van der Waals surface area contributed by atoms with Gasteiger partial charge in [0.05, 0.1) is 31.0 Å². The molecule has 0 aliphatic heterocycles. The average Bonchev–Trinajstić information content (AvgIpc) is 2.80. The quantitative estimate of drug-likeness (QED) is 0.567. The van der Waals surface area contributed by atoms with Crippen molar-refractivity contribution < 1.29 is 14.3 Å². The number of nitrogens with zero attached hydrogens (tertiary/aromatic N) is 1. The van der Waals surface area contributed by atoms with Gasteiger partial charge in [-0.05, 0) is 55.9 Å². The molecule has 0 bridgehead atoms. The van der Waals surface area contributed by atoms with Crippen molar-refractivity contribution in [2.75, 3.05) is 19.5 Å². The Bertz CT molecular complexity index is 1070. The van der Waals surface area contributed by atoms with Crippen LogP contribution < -0.4 is 20.1 Å². The number of nitrogens with one attached hydrogen (secondary N) is 2. The molecule has 1 aliphatic rings. The second-order valence-corrected chi connectivity index (χ2v) is 8.19. The van der Waals surface area contributed by atoms with E-state index in [2.05, 4.69) is 17.6 Å². The number of hydrogen-bond donors (Lipinski definition) is 2. The molecule has 6 heteroatoms. The molecule has 31 heavy (non-hydrogen) atoms. The van der Waals surface area contributed by atoms with Gasteiger partial charge in [0.25, 0.3) is 5.91 Å². The van der Waals surface area contributed by atoms with Crippen LogP contribution in [0.4, 0.5) is 11.5 Å². The minimum Gasteiger partial charge on any atom is -0.497 e. The Morgan fingerprint density at radius 2 is 1.77 bits per heavy atom. The molecular formula is C25H29N3O3. The van der Waals surface area contributed by atoms with Crippen molar-refractivity contribution in [1.82, 2.24) is 10.3 Å². The molecule has 2 N–H and O–H groups in total. The summed E-state index contributed by atoms with van der Waals surface area (Å²) in [5.74, 6) is 2.62. The van der Waals surface area contributed by atoms with Gasteiger partial charge >= 0.3 is 0 Å².